The van der Waals surface area contributed by atoms with E-state index in [4.69, 9.17) is 19.9 Å². The van der Waals surface area contributed by atoms with Crippen molar-refractivity contribution in [2.75, 3.05) is 34.0 Å². The Hall–Kier alpha value is -2.33. The van der Waals surface area contributed by atoms with E-state index in [9.17, 15) is 14.4 Å². The van der Waals surface area contributed by atoms with Crippen molar-refractivity contribution in [3.63, 3.8) is 0 Å². The molecular weight excluding hydrogens is 378 g/mol. The van der Waals surface area contributed by atoms with Crippen molar-refractivity contribution in [3.05, 3.63) is 35.9 Å². The third-order valence-electron chi connectivity index (χ3n) is 4.66. The molecule has 0 radical (unpaired) electrons. The lowest BCUT2D eigenvalue weighted by Crippen LogP contribution is -2.57. The minimum absolute atomic E-state index is 0.0119. The molecule has 4 N–H and O–H groups in total. The van der Waals surface area contributed by atoms with E-state index in [2.05, 4.69) is 10.6 Å². The molecule has 0 aromatic heterocycles. The first-order valence-electron chi connectivity index (χ1n) is 9.37. The Kier molecular flexibility index (Phi) is 8.27. The van der Waals surface area contributed by atoms with Crippen molar-refractivity contribution in [1.82, 2.24) is 10.6 Å². The summed E-state index contributed by atoms with van der Waals surface area (Å²) in [7, 11) is 2.83. The van der Waals surface area contributed by atoms with E-state index in [1.165, 1.54) is 14.2 Å². The molecule has 9 nitrogen and oxygen atoms in total. The third-order valence-corrected chi connectivity index (χ3v) is 4.66. The number of epoxide rings is 1. The van der Waals surface area contributed by atoms with Gasteiger partial charge in [0.25, 0.3) is 0 Å². The number of benzene rings is 1. The van der Waals surface area contributed by atoms with Gasteiger partial charge in [-0.3, -0.25) is 14.4 Å². The van der Waals surface area contributed by atoms with Crippen LogP contribution in [0.5, 0.6) is 0 Å². The molecule has 1 aliphatic rings. The van der Waals surface area contributed by atoms with E-state index in [0.29, 0.717) is 13.0 Å². The molecule has 29 heavy (non-hydrogen) atoms. The van der Waals surface area contributed by atoms with Crippen LogP contribution in [0.25, 0.3) is 0 Å². The van der Waals surface area contributed by atoms with Gasteiger partial charge in [-0.15, -0.1) is 0 Å². The van der Waals surface area contributed by atoms with E-state index in [1.54, 1.807) is 6.92 Å². The first kappa shape index (κ1) is 23.0. The van der Waals surface area contributed by atoms with Gasteiger partial charge in [0.1, 0.15) is 17.7 Å². The molecule has 2 rings (SSSR count). The molecular formula is C20H29N3O6. The van der Waals surface area contributed by atoms with Crippen molar-refractivity contribution in [2.45, 2.75) is 37.1 Å². The number of nitrogens with one attached hydrogen (secondary N) is 2. The Morgan fingerprint density at radius 2 is 1.66 bits per heavy atom. The smallest absolute Gasteiger partial charge is 0.245 e. The first-order valence-corrected chi connectivity index (χ1v) is 9.37. The van der Waals surface area contributed by atoms with E-state index >= 15 is 0 Å². The third kappa shape index (κ3) is 6.60. The summed E-state index contributed by atoms with van der Waals surface area (Å²) in [6.45, 7) is 1.95. The average Bonchev–Trinajstić information content (AvgIpc) is 3.46. The number of Topliss-reactive ketones (excluding diaryl/α,β-unsaturated/α-hetero) is 1. The number of rotatable bonds is 12. The summed E-state index contributed by atoms with van der Waals surface area (Å²) in [5, 5.41) is 5.28. The Balaban J connectivity index is 2.10. The summed E-state index contributed by atoms with van der Waals surface area (Å²) in [6, 6.07) is 6.61. The molecule has 0 unspecified atom stereocenters. The highest BCUT2D eigenvalue weighted by atomic mass is 16.6. The van der Waals surface area contributed by atoms with Gasteiger partial charge in [-0.25, -0.2) is 0 Å². The fraction of sp³-hybridized carbons (Fsp3) is 0.550. The fourth-order valence-corrected chi connectivity index (χ4v) is 2.83. The Labute approximate surface area is 170 Å². The first-order chi connectivity index (χ1) is 13.8. The van der Waals surface area contributed by atoms with Crippen LogP contribution in [0.1, 0.15) is 12.5 Å². The highest BCUT2D eigenvalue weighted by Crippen LogP contribution is 2.29. The maximum absolute atomic E-state index is 12.9. The molecule has 1 saturated heterocycles. The Morgan fingerprint density at radius 1 is 1.07 bits per heavy atom. The van der Waals surface area contributed by atoms with Crippen LogP contribution >= 0.6 is 0 Å². The number of hydrogen-bond acceptors (Lipinski definition) is 7. The zero-order valence-electron chi connectivity index (χ0n) is 17.0. The molecule has 1 aromatic carbocycles. The van der Waals surface area contributed by atoms with Crippen LogP contribution in [0.15, 0.2) is 30.3 Å². The normalized spacial score (nSPS) is 21.0. The number of amides is 2. The van der Waals surface area contributed by atoms with Crippen LogP contribution in [0, 0.1) is 0 Å². The van der Waals surface area contributed by atoms with Crippen molar-refractivity contribution >= 4 is 17.6 Å². The lowest BCUT2D eigenvalue weighted by molar-refractivity contribution is -0.134. The number of methoxy groups -OCH3 is 2. The number of ketones is 1. The second-order valence-electron chi connectivity index (χ2n) is 7.21. The van der Waals surface area contributed by atoms with Crippen LogP contribution in [0.4, 0.5) is 0 Å². The van der Waals surface area contributed by atoms with Gasteiger partial charge in [0.05, 0.1) is 25.9 Å². The zero-order chi connectivity index (χ0) is 21.4. The fourth-order valence-electron chi connectivity index (χ4n) is 2.83. The van der Waals surface area contributed by atoms with Gasteiger partial charge in [-0.2, -0.15) is 0 Å². The quantitative estimate of drug-likeness (QED) is 0.386. The predicted molar refractivity (Wildman–Crippen MR) is 105 cm³/mol. The molecule has 1 fully saturated rings. The van der Waals surface area contributed by atoms with E-state index in [1.807, 2.05) is 30.3 Å². The van der Waals surface area contributed by atoms with Crippen molar-refractivity contribution in [3.8, 4) is 0 Å². The van der Waals surface area contributed by atoms with Gasteiger partial charge in [0, 0.05) is 14.2 Å². The standard InChI is InChI=1S/C20H29N3O6/c1-20(12-29-20)17(24)15(9-13-7-5-4-6-8-13)22-19(26)16(11-28-3)23-18(25)14(21)10-27-2/h4-8,14-16H,9-12,21H2,1-3H3,(H,22,26)(H,23,25)/t14-,15-,16-,20+/m0/s1. The predicted octanol–water partition coefficient (Wildman–Crippen LogP) is -0.823. The molecule has 2 amide bonds. The second-order valence-corrected chi connectivity index (χ2v) is 7.21. The number of nitrogens with two attached hydrogens (primary N) is 1. The molecule has 1 aromatic rings. The summed E-state index contributed by atoms with van der Waals surface area (Å²) in [5.74, 6) is -1.30. The van der Waals surface area contributed by atoms with Crippen LogP contribution in [-0.2, 0) is 35.0 Å². The topological polar surface area (TPSA) is 132 Å². The van der Waals surface area contributed by atoms with E-state index in [0.717, 1.165) is 5.56 Å². The summed E-state index contributed by atoms with van der Waals surface area (Å²) in [4.78, 5) is 37.9. The van der Waals surface area contributed by atoms with Crippen molar-refractivity contribution in [1.29, 1.82) is 0 Å². The van der Waals surface area contributed by atoms with Gasteiger partial charge in [-0.05, 0) is 18.9 Å². The monoisotopic (exact) mass is 407 g/mol. The van der Waals surface area contributed by atoms with Gasteiger partial charge in [0.15, 0.2) is 5.78 Å². The SMILES string of the molecule is COC[C@H](NC(=O)[C@@H](N)COC)C(=O)N[C@@H](Cc1ccccc1)C(=O)[C@@]1(C)CO1. The summed E-state index contributed by atoms with van der Waals surface area (Å²) >= 11 is 0. The lowest BCUT2D eigenvalue weighted by Gasteiger charge is -2.24. The molecule has 1 aliphatic heterocycles. The minimum atomic E-state index is -1.01. The molecule has 4 atom stereocenters. The largest absolute Gasteiger partial charge is 0.383 e. The molecule has 9 heteroatoms. The van der Waals surface area contributed by atoms with Gasteiger partial charge in [-0.1, -0.05) is 30.3 Å². The lowest BCUT2D eigenvalue weighted by atomic mass is 9.94. The maximum atomic E-state index is 12.9. The second kappa shape index (κ2) is 10.4. The number of carbonyl (C=O) groups is 3. The maximum Gasteiger partial charge on any atom is 0.245 e. The molecule has 0 saturated carbocycles. The summed E-state index contributed by atoms with van der Waals surface area (Å²) < 4.78 is 15.2. The van der Waals surface area contributed by atoms with Crippen molar-refractivity contribution in [2.24, 2.45) is 5.73 Å². The molecule has 0 aliphatic carbocycles. The van der Waals surface area contributed by atoms with Crippen LogP contribution < -0.4 is 16.4 Å². The van der Waals surface area contributed by atoms with Crippen molar-refractivity contribution < 1.29 is 28.6 Å². The van der Waals surface area contributed by atoms with E-state index < -0.39 is 35.5 Å². The zero-order valence-corrected chi connectivity index (χ0v) is 17.0. The van der Waals surface area contributed by atoms with Gasteiger partial charge >= 0.3 is 0 Å². The Bertz CT molecular complexity index is 707. The van der Waals surface area contributed by atoms with Crippen LogP contribution in [0.3, 0.4) is 0 Å². The number of hydrogen-bond donors (Lipinski definition) is 3. The summed E-state index contributed by atoms with van der Waals surface area (Å²) in [5.41, 5.74) is 5.71. The highest BCUT2D eigenvalue weighted by Gasteiger charge is 2.50. The summed E-state index contributed by atoms with van der Waals surface area (Å²) in [6.07, 6.45) is 0.307. The minimum Gasteiger partial charge on any atom is -0.383 e. The highest BCUT2D eigenvalue weighted by molar-refractivity contribution is 5.98. The van der Waals surface area contributed by atoms with Crippen LogP contribution in [0.2, 0.25) is 0 Å². The van der Waals surface area contributed by atoms with Gasteiger partial charge in [0.2, 0.25) is 11.8 Å². The van der Waals surface area contributed by atoms with Crippen LogP contribution in [-0.4, -0.2) is 75.4 Å². The molecule has 0 bridgehead atoms. The van der Waals surface area contributed by atoms with Gasteiger partial charge < -0.3 is 30.6 Å². The number of carbonyl (C=O) groups excluding carboxylic acids is 3. The molecule has 160 valence electrons. The van der Waals surface area contributed by atoms with E-state index in [-0.39, 0.29) is 19.0 Å². The Morgan fingerprint density at radius 3 is 2.21 bits per heavy atom. The molecule has 0 spiro atoms. The average molecular weight is 407 g/mol. The number of ether oxygens (including phenoxy) is 3. The molecule has 1 heterocycles.